The highest BCUT2D eigenvalue weighted by Crippen LogP contribution is 2.17. The fourth-order valence-electron chi connectivity index (χ4n) is 2.12. The van der Waals surface area contributed by atoms with E-state index >= 15 is 0 Å². The van der Waals surface area contributed by atoms with Crippen molar-refractivity contribution >= 4 is 17.5 Å². The van der Waals surface area contributed by atoms with Crippen LogP contribution in [0.3, 0.4) is 0 Å². The molecule has 0 radical (unpaired) electrons. The van der Waals surface area contributed by atoms with E-state index in [1.807, 2.05) is 0 Å². The van der Waals surface area contributed by atoms with Crippen LogP contribution in [0.2, 0.25) is 0 Å². The van der Waals surface area contributed by atoms with Crippen molar-refractivity contribution in [1.29, 1.82) is 0 Å². The lowest BCUT2D eigenvalue weighted by molar-refractivity contribution is -0.116. The molecule has 0 saturated heterocycles. The maximum Gasteiger partial charge on any atom is 0.255 e. The van der Waals surface area contributed by atoms with Crippen LogP contribution in [0, 0.1) is 5.82 Å². The molecule has 122 valence electrons. The number of rotatable bonds is 4. The molecule has 0 saturated carbocycles. The van der Waals surface area contributed by atoms with Gasteiger partial charge in [-0.3, -0.25) is 14.2 Å². The topological polar surface area (TPSA) is 108 Å². The van der Waals surface area contributed by atoms with E-state index in [-0.39, 0.29) is 23.7 Å². The summed E-state index contributed by atoms with van der Waals surface area (Å²) in [7, 11) is 0. The second-order valence-electron chi connectivity index (χ2n) is 4.92. The van der Waals surface area contributed by atoms with Crippen molar-refractivity contribution in [3.8, 4) is 5.69 Å². The molecule has 3 aromatic rings. The lowest BCUT2D eigenvalue weighted by Crippen LogP contribution is -2.20. The molecular weight excluding hydrogens is 315 g/mol. The van der Waals surface area contributed by atoms with E-state index in [2.05, 4.69) is 15.4 Å². The molecule has 0 spiro atoms. The number of carbonyl (C=O) groups excluding carboxylic acids is 1. The predicted molar refractivity (Wildman–Crippen MR) is 85.1 cm³/mol. The van der Waals surface area contributed by atoms with Gasteiger partial charge in [-0.1, -0.05) is 6.07 Å². The molecule has 1 amide bonds. The number of nitrogens with zero attached hydrogens (tertiary/aromatic N) is 4. The van der Waals surface area contributed by atoms with Crippen molar-refractivity contribution in [2.45, 2.75) is 6.54 Å². The minimum Gasteiger partial charge on any atom is -0.367 e. The number of amides is 1. The van der Waals surface area contributed by atoms with E-state index in [0.29, 0.717) is 5.69 Å². The summed E-state index contributed by atoms with van der Waals surface area (Å²) in [6, 6.07) is 8.73. The van der Waals surface area contributed by atoms with E-state index < -0.39 is 11.7 Å². The number of benzene rings is 1. The molecule has 0 fully saturated rings. The Balaban J connectivity index is 1.77. The van der Waals surface area contributed by atoms with Crippen LogP contribution in [0.1, 0.15) is 0 Å². The Morgan fingerprint density at radius 2 is 2.12 bits per heavy atom. The molecule has 0 aliphatic rings. The van der Waals surface area contributed by atoms with Crippen LogP contribution in [-0.4, -0.2) is 25.2 Å². The second-order valence-corrected chi connectivity index (χ2v) is 4.92. The number of carbonyl (C=O) groups is 1. The average Bonchev–Trinajstić information content (AvgIpc) is 2.95. The van der Waals surface area contributed by atoms with Gasteiger partial charge in [0.2, 0.25) is 11.9 Å². The number of aromatic nitrogens is 4. The molecule has 8 nitrogen and oxygen atoms in total. The van der Waals surface area contributed by atoms with Crippen LogP contribution in [0.25, 0.3) is 5.69 Å². The van der Waals surface area contributed by atoms with Crippen LogP contribution in [0.4, 0.5) is 16.0 Å². The first-order chi connectivity index (χ1) is 11.5. The third-order valence-electron chi connectivity index (χ3n) is 3.19. The van der Waals surface area contributed by atoms with Gasteiger partial charge in [0.05, 0.1) is 11.4 Å². The van der Waals surface area contributed by atoms with Crippen molar-refractivity contribution < 1.29 is 9.18 Å². The molecule has 2 heterocycles. The standard InChI is InChI=1S/C15H13FN6O2/c16-11-7-10(22-6-2-1-3-14(22)24)4-5-12(11)19-13(23)8-21-9-18-15(17)20-21/h1-7,9H,8H2,(H2,17,20)(H,19,23). The molecule has 24 heavy (non-hydrogen) atoms. The Hall–Kier alpha value is -3.49. The zero-order valence-corrected chi connectivity index (χ0v) is 12.4. The summed E-state index contributed by atoms with van der Waals surface area (Å²) < 4.78 is 16.7. The normalized spacial score (nSPS) is 10.5. The maximum absolute atomic E-state index is 14.2. The number of hydrogen-bond donors (Lipinski definition) is 2. The molecule has 0 atom stereocenters. The van der Waals surface area contributed by atoms with Gasteiger partial charge in [-0.2, -0.15) is 0 Å². The largest absolute Gasteiger partial charge is 0.367 e. The molecule has 9 heteroatoms. The Morgan fingerprint density at radius 3 is 2.79 bits per heavy atom. The van der Waals surface area contributed by atoms with Gasteiger partial charge in [0.15, 0.2) is 0 Å². The van der Waals surface area contributed by atoms with Crippen molar-refractivity contribution in [3.05, 3.63) is 65.1 Å². The van der Waals surface area contributed by atoms with Crippen LogP contribution in [-0.2, 0) is 11.3 Å². The molecule has 0 bridgehead atoms. The number of hydrogen-bond acceptors (Lipinski definition) is 5. The van der Waals surface area contributed by atoms with Crippen molar-refractivity contribution in [2.75, 3.05) is 11.1 Å². The van der Waals surface area contributed by atoms with Gasteiger partial charge in [-0.25, -0.2) is 14.1 Å². The van der Waals surface area contributed by atoms with E-state index in [1.54, 1.807) is 12.1 Å². The molecular formula is C15H13FN6O2. The number of nitrogens with one attached hydrogen (secondary N) is 1. The molecule has 3 N–H and O–H groups in total. The van der Waals surface area contributed by atoms with Gasteiger partial charge in [0.25, 0.3) is 5.56 Å². The minimum absolute atomic E-state index is 0.000757. The molecule has 0 unspecified atom stereocenters. The number of halogens is 1. The number of pyridine rings is 1. The maximum atomic E-state index is 14.2. The lowest BCUT2D eigenvalue weighted by Gasteiger charge is -2.09. The number of anilines is 2. The Morgan fingerprint density at radius 1 is 1.29 bits per heavy atom. The summed E-state index contributed by atoms with van der Waals surface area (Å²) in [5.41, 5.74) is 5.43. The van der Waals surface area contributed by atoms with Crippen LogP contribution >= 0.6 is 0 Å². The highest BCUT2D eigenvalue weighted by molar-refractivity contribution is 5.90. The zero-order chi connectivity index (χ0) is 17.1. The molecule has 0 aliphatic carbocycles. The monoisotopic (exact) mass is 328 g/mol. The third kappa shape index (κ3) is 3.29. The lowest BCUT2D eigenvalue weighted by atomic mass is 10.2. The first kappa shape index (κ1) is 15.4. The van der Waals surface area contributed by atoms with E-state index in [1.165, 1.54) is 46.0 Å². The van der Waals surface area contributed by atoms with Crippen LogP contribution in [0.5, 0.6) is 0 Å². The quantitative estimate of drug-likeness (QED) is 0.736. The fourth-order valence-corrected chi connectivity index (χ4v) is 2.12. The molecule has 0 aliphatic heterocycles. The second kappa shape index (κ2) is 6.32. The summed E-state index contributed by atoms with van der Waals surface area (Å²) in [6.45, 7) is -0.149. The van der Waals surface area contributed by atoms with E-state index in [9.17, 15) is 14.0 Å². The number of nitrogens with two attached hydrogens (primary N) is 1. The van der Waals surface area contributed by atoms with Gasteiger partial charge >= 0.3 is 0 Å². The van der Waals surface area contributed by atoms with Gasteiger partial charge in [0.1, 0.15) is 18.7 Å². The SMILES string of the molecule is Nc1ncn(CC(=O)Nc2ccc(-n3ccccc3=O)cc2F)n1. The van der Waals surface area contributed by atoms with Crippen molar-refractivity contribution in [3.63, 3.8) is 0 Å². The van der Waals surface area contributed by atoms with Crippen LogP contribution in [0.15, 0.2) is 53.7 Å². The first-order valence-electron chi connectivity index (χ1n) is 6.95. The first-order valence-corrected chi connectivity index (χ1v) is 6.95. The Kier molecular flexibility index (Phi) is 4.06. The summed E-state index contributed by atoms with van der Waals surface area (Å²) in [6.07, 6.45) is 2.83. The number of nitrogen functional groups attached to an aromatic ring is 1. The summed E-state index contributed by atoms with van der Waals surface area (Å²) >= 11 is 0. The van der Waals surface area contributed by atoms with Crippen molar-refractivity contribution in [2.24, 2.45) is 0 Å². The summed E-state index contributed by atoms with van der Waals surface area (Å²) in [5.74, 6) is -1.09. The molecule has 3 rings (SSSR count). The summed E-state index contributed by atoms with van der Waals surface area (Å²) in [4.78, 5) is 27.3. The van der Waals surface area contributed by atoms with Gasteiger partial charge < -0.3 is 11.1 Å². The highest BCUT2D eigenvalue weighted by Gasteiger charge is 2.10. The van der Waals surface area contributed by atoms with Gasteiger partial charge in [-0.15, -0.1) is 5.10 Å². The van der Waals surface area contributed by atoms with Gasteiger partial charge in [-0.05, 0) is 18.2 Å². The van der Waals surface area contributed by atoms with Gasteiger partial charge in [0, 0.05) is 18.3 Å². The molecule has 2 aromatic heterocycles. The minimum atomic E-state index is -0.658. The molecule has 1 aromatic carbocycles. The zero-order valence-electron chi connectivity index (χ0n) is 12.4. The Bertz CT molecular complexity index is 949. The smallest absolute Gasteiger partial charge is 0.255 e. The average molecular weight is 328 g/mol. The third-order valence-corrected chi connectivity index (χ3v) is 3.19. The van der Waals surface area contributed by atoms with Crippen molar-refractivity contribution in [1.82, 2.24) is 19.3 Å². The van der Waals surface area contributed by atoms with Crippen LogP contribution < -0.4 is 16.6 Å². The van der Waals surface area contributed by atoms with E-state index in [0.717, 1.165) is 0 Å². The Labute approximate surface area is 135 Å². The predicted octanol–water partition coefficient (Wildman–Crippen LogP) is 0.789. The summed E-state index contributed by atoms with van der Waals surface area (Å²) in [5, 5.41) is 6.20. The van der Waals surface area contributed by atoms with E-state index in [4.69, 9.17) is 5.73 Å². The highest BCUT2D eigenvalue weighted by atomic mass is 19.1. The fraction of sp³-hybridized carbons (Fsp3) is 0.0667.